The second-order valence-corrected chi connectivity index (χ2v) is 8.87. The molecule has 1 unspecified atom stereocenters. The van der Waals surface area contributed by atoms with Crippen molar-refractivity contribution in [1.82, 2.24) is 4.90 Å². The fraction of sp³-hybridized carbons (Fsp3) is 0.739. The van der Waals surface area contributed by atoms with Crippen LogP contribution in [0, 0.1) is 11.8 Å². The van der Waals surface area contributed by atoms with Crippen molar-refractivity contribution in [3.05, 3.63) is 35.4 Å². The Morgan fingerprint density at radius 1 is 0.929 bits per heavy atom. The molecule has 0 saturated carbocycles. The molecule has 0 N–H and O–H groups in total. The predicted molar refractivity (Wildman–Crippen MR) is 106 cm³/mol. The Morgan fingerprint density at radius 2 is 1.46 bits per heavy atom. The average molecular weight is 398 g/mol. The number of alkyl halides is 3. The van der Waals surface area contributed by atoms with Crippen molar-refractivity contribution in [2.24, 2.45) is 11.8 Å². The van der Waals surface area contributed by atoms with Gasteiger partial charge in [-0.25, -0.2) is 0 Å². The van der Waals surface area contributed by atoms with Gasteiger partial charge in [0.1, 0.15) is 0 Å². The lowest BCUT2D eigenvalue weighted by Gasteiger charge is -2.39. The van der Waals surface area contributed by atoms with E-state index in [4.69, 9.17) is 4.74 Å². The highest BCUT2D eigenvalue weighted by Crippen LogP contribution is 2.36. The van der Waals surface area contributed by atoms with Gasteiger partial charge in [-0.2, -0.15) is 13.2 Å². The molecule has 5 heteroatoms. The Hall–Kier alpha value is -1.07. The van der Waals surface area contributed by atoms with Gasteiger partial charge >= 0.3 is 6.18 Å². The van der Waals surface area contributed by atoms with Crippen molar-refractivity contribution in [2.45, 2.75) is 64.0 Å². The summed E-state index contributed by atoms with van der Waals surface area (Å²) in [5, 5.41) is 0. The van der Waals surface area contributed by atoms with E-state index in [9.17, 15) is 13.2 Å². The minimum Gasteiger partial charge on any atom is -0.381 e. The van der Waals surface area contributed by atoms with Crippen LogP contribution in [0.1, 0.15) is 63.5 Å². The molecule has 3 rings (SSSR count). The van der Waals surface area contributed by atoms with Crippen LogP contribution in [-0.2, 0) is 16.3 Å². The summed E-state index contributed by atoms with van der Waals surface area (Å²) in [5.74, 6) is 1.68. The molecule has 28 heavy (non-hydrogen) atoms. The smallest absolute Gasteiger partial charge is 0.381 e. The van der Waals surface area contributed by atoms with Gasteiger partial charge in [0, 0.05) is 13.2 Å². The maximum Gasteiger partial charge on any atom is 0.416 e. The first-order chi connectivity index (χ1) is 13.3. The van der Waals surface area contributed by atoms with Gasteiger partial charge in [0.25, 0.3) is 0 Å². The van der Waals surface area contributed by atoms with E-state index in [0.29, 0.717) is 0 Å². The minimum absolute atomic E-state index is 0.0817. The molecule has 2 aliphatic heterocycles. The summed E-state index contributed by atoms with van der Waals surface area (Å²) in [6.45, 7) is 9.48. The number of hydrogen-bond donors (Lipinski definition) is 0. The summed E-state index contributed by atoms with van der Waals surface area (Å²) < 4.78 is 44.0. The molecule has 2 nitrogen and oxygen atoms in total. The van der Waals surface area contributed by atoms with E-state index < -0.39 is 11.7 Å². The number of ether oxygens (including phenoxy) is 1. The maximum atomic E-state index is 12.8. The van der Waals surface area contributed by atoms with E-state index >= 15 is 0 Å². The van der Waals surface area contributed by atoms with Gasteiger partial charge in [-0.15, -0.1) is 0 Å². The average Bonchev–Trinajstić information content (AvgIpc) is 2.72. The van der Waals surface area contributed by atoms with Gasteiger partial charge < -0.3 is 9.64 Å². The number of rotatable bonds is 6. The zero-order chi connectivity index (χ0) is 20.2. The maximum absolute atomic E-state index is 12.8. The van der Waals surface area contributed by atoms with Crippen LogP contribution in [0.25, 0.3) is 0 Å². The van der Waals surface area contributed by atoms with E-state index in [1.54, 1.807) is 12.1 Å². The standard InChI is InChI=1S/C23H34F3NO/c1-3-22(2,20-4-6-21(7-5-20)23(24,25)26)12-15-27-13-8-18(9-14-27)19-10-16-28-17-11-19/h4-7,18-19H,3,8-17H2,1-2H3. The first-order valence-corrected chi connectivity index (χ1v) is 10.8. The molecule has 2 heterocycles. The Labute approximate surface area is 167 Å². The molecule has 0 aromatic heterocycles. The summed E-state index contributed by atoms with van der Waals surface area (Å²) in [4.78, 5) is 2.55. The van der Waals surface area contributed by atoms with Crippen LogP contribution >= 0.6 is 0 Å². The third-order valence-electron chi connectivity index (χ3n) is 7.23. The topological polar surface area (TPSA) is 12.5 Å². The van der Waals surface area contributed by atoms with E-state index in [-0.39, 0.29) is 5.41 Å². The second-order valence-electron chi connectivity index (χ2n) is 8.87. The van der Waals surface area contributed by atoms with Crippen LogP contribution in [0.15, 0.2) is 24.3 Å². The van der Waals surface area contributed by atoms with Crippen molar-refractivity contribution in [2.75, 3.05) is 32.8 Å². The minimum atomic E-state index is -4.27. The highest BCUT2D eigenvalue weighted by molar-refractivity contribution is 5.30. The Bertz CT molecular complexity index is 601. The van der Waals surface area contributed by atoms with Gasteiger partial charge in [0.15, 0.2) is 0 Å². The highest BCUT2D eigenvalue weighted by atomic mass is 19.4. The molecule has 1 aromatic carbocycles. The summed E-state index contributed by atoms with van der Waals surface area (Å²) in [6, 6.07) is 5.79. The summed E-state index contributed by atoms with van der Waals surface area (Å²) in [7, 11) is 0. The zero-order valence-corrected chi connectivity index (χ0v) is 17.2. The van der Waals surface area contributed by atoms with E-state index in [0.717, 1.165) is 63.1 Å². The van der Waals surface area contributed by atoms with Crippen LogP contribution in [-0.4, -0.2) is 37.7 Å². The molecule has 0 spiro atoms. The summed E-state index contributed by atoms with van der Waals surface area (Å²) >= 11 is 0. The number of benzene rings is 1. The fourth-order valence-corrected chi connectivity index (χ4v) is 4.83. The van der Waals surface area contributed by atoms with Crippen LogP contribution in [0.2, 0.25) is 0 Å². The molecule has 158 valence electrons. The van der Waals surface area contributed by atoms with E-state index in [1.807, 2.05) is 0 Å². The molecule has 0 radical (unpaired) electrons. The van der Waals surface area contributed by atoms with Crippen molar-refractivity contribution < 1.29 is 17.9 Å². The van der Waals surface area contributed by atoms with Gasteiger partial charge in [0.2, 0.25) is 0 Å². The third kappa shape index (κ3) is 5.29. The van der Waals surface area contributed by atoms with Crippen molar-refractivity contribution in [1.29, 1.82) is 0 Å². The Balaban J connectivity index is 1.52. The van der Waals surface area contributed by atoms with E-state index in [1.165, 1.54) is 37.8 Å². The molecule has 2 saturated heterocycles. The van der Waals surface area contributed by atoms with Crippen LogP contribution in [0.3, 0.4) is 0 Å². The second kappa shape index (κ2) is 9.17. The molecule has 0 aliphatic carbocycles. The summed E-state index contributed by atoms with van der Waals surface area (Å²) in [5.41, 5.74) is 0.367. The summed E-state index contributed by atoms with van der Waals surface area (Å²) in [6.07, 6.45) is 2.62. The molecular formula is C23H34F3NO. The fourth-order valence-electron chi connectivity index (χ4n) is 4.83. The zero-order valence-electron chi connectivity index (χ0n) is 17.2. The largest absolute Gasteiger partial charge is 0.416 e. The Morgan fingerprint density at radius 3 is 2.00 bits per heavy atom. The van der Waals surface area contributed by atoms with Crippen molar-refractivity contribution in [3.63, 3.8) is 0 Å². The van der Waals surface area contributed by atoms with Crippen LogP contribution < -0.4 is 0 Å². The predicted octanol–water partition coefficient (Wildman–Crippen LogP) is 5.90. The SMILES string of the molecule is CCC(C)(CCN1CCC(C2CCOCC2)CC1)c1ccc(C(F)(F)F)cc1. The van der Waals surface area contributed by atoms with Crippen LogP contribution in [0.4, 0.5) is 13.2 Å². The molecule has 1 aromatic rings. The monoisotopic (exact) mass is 397 g/mol. The first-order valence-electron chi connectivity index (χ1n) is 10.8. The number of nitrogens with zero attached hydrogens (tertiary/aromatic N) is 1. The normalized spacial score (nSPS) is 22.9. The quantitative estimate of drug-likeness (QED) is 0.592. The first kappa shape index (κ1) is 21.6. The third-order valence-corrected chi connectivity index (χ3v) is 7.23. The lowest BCUT2D eigenvalue weighted by atomic mass is 9.76. The molecular weight excluding hydrogens is 363 g/mol. The number of hydrogen-bond acceptors (Lipinski definition) is 2. The molecule has 2 fully saturated rings. The van der Waals surface area contributed by atoms with Gasteiger partial charge in [-0.1, -0.05) is 26.0 Å². The van der Waals surface area contributed by atoms with Crippen molar-refractivity contribution >= 4 is 0 Å². The highest BCUT2D eigenvalue weighted by Gasteiger charge is 2.32. The Kier molecular flexibility index (Phi) is 7.08. The lowest BCUT2D eigenvalue weighted by Crippen LogP contribution is -2.39. The van der Waals surface area contributed by atoms with Crippen molar-refractivity contribution in [3.8, 4) is 0 Å². The number of halogens is 3. The van der Waals surface area contributed by atoms with Gasteiger partial charge in [-0.3, -0.25) is 0 Å². The van der Waals surface area contributed by atoms with Gasteiger partial charge in [-0.05, 0) is 93.1 Å². The molecule has 0 bridgehead atoms. The van der Waals surface area contributed by atoms with E-state index in [2.05, 4.69) is 18.7 Å². The molecule has 2 aliphatic rings. The van der Waals surface area contributed by atoms with Crippen LogP contribution in [0.5, 0.6) is 0 Å². The number of piperidine rings is 1. The molecule has 0 amide bonds. The lowest BCUT2D eigenvalue weighted by molar-refractivity contribution is -0.137. The molecule has 1 atom stereocenters. The van der Waals surface area contributed by atoms with Gasteiger partial charge in [0.05, 0.1) is 5.56 Å². The number of likely N-dealkylation sites (tertiary alicyclic amines) is 1.